The first-order chi connectivity index (χ1) is 14.2. The molecule has 6 nitrogen and oxygen atoms in total. The van der Waals surface area contributed by atoms with Gasteiger partial charge in [0.2, 0.25) is 0 Å². The van der Waals surface area contributed by atoms with E-state index >= 15 is 0 Å². The zero-order chi connectivity index (χ0) is 20.1. The number of carbonyl (C=O) groups is 1. The van der Waals surface area contributed by atoms with Crippen LogP contribution in [0, 0.1) is 0 Å². The average Bonchev–Trinajstić information content (AvgIpc) is 3.26. The molecule has 150 valence electrons. The van der Waals surface area contributed by atoms with E-state index in [-0.39, 0.29) is 5.91 Å². The second-order valence-corrected chi connectivity index (χ2v) is 8.20. The molecule has 3 heterocycles. The Bertz CT molecular complexity index is 967. The highest BCUT2D eigenvalue weighted by molar-refractivity contribution is 7.99. The lowest BCUT2D eigenvalue weighted by Gasteiger charge is -2.29. The minimum absolute atomic E-state index is 0.111. The van der Waals surface area contributed by atoms with Crippen LogP contribution in [0.1, 0.15) is 9.67 Å². The highest BCUT2D eigenvalue weighted by Crippen LogP contribution is 2.27. The Kier molecular flexibility index (Phi) is 6.33. The Morgan fingerprint density at radius 2 is 2.00 bits per heavy atom. The number of carbonyl (C=O) groups excluding carboxylic acids is 1. The number of nitrogens with zero attached hydrogens (tertiary/aromatic N) is 2. The summed E-state index contributed by atoms with van der Waals surface area (Å²) in [5.41, 5.74) is 4.70. The maximum absolute atomic E-state index is 12.6. The van der Waals surface area contributed by atoms with E-state index in [1.807, 2.05) is 54.2 Å². The Hall–Kier alpha value is -2.55. The van der Waals surface area contributed by atoms with E-state index in [2.05, 4.69) is 31.3 Å². The van der Waals surface area contributed by atoms with Gasteiger partial charge in [0, 0.05) is 54.8 Å². The topological polar surface area (TPSA) is 69.3 Å². The Labute approximate surface area is 178 Å². The fraction of sp³-hybridized carbons (Fsp3) is 0.238. The molecule has 0 aliphatic carbocycles. The van der Waals surface area contributed by atoms with E-state index in [1.165, 1.54) is 23.3 Å². The summed E-state index contributed by atoms with van der Waals surface area (Å²) in [6.07, 6.45) is 3.88. The smallest absolute Gasteiger partial charge is 0.265 e. The van der Waals surface area contributed by atoms with Crippen LogP contribution < -0.4 is 20.3 Å². The zero-order valence-corrected chi connectivity index (χ0v) is 17.8. The molecule has 3 aromatic rings. The number of hydrogen-bond donors (Lipinski definition) is 3. The van der Waals surface area contributed by atoms with Gasteiger partial charge in [0.1, 0.15) is 0 Å². The van der Waals surface area contributed by atoms with Gasteiger partial charge in [-0.15, -0.1) is 11.3 Å². The van der Waals surface area contributed by atoms with E-state index in [0.717, 1.165) is 54.5 Å². The van der Waals surface area contributed by atoms with Crippen molar-refractivity contribution in [2.45, 2.75) is 0 Å². The lowest BCUT2D eigenvalue weighted by molar-refractivity contribution is 0.103. The zero-order valence-electron chi connectivity index (χ0n) is 16.1. The molecule has 1 saturated heterocycles. The number of amides is 1. The maximum atomic E-state index is 12.6. The normalized spacial score (nSPS) is 13.9. The third-order valence-corrected chi connectivity index (χ3v) is 6.06. The molecule has 4 rings (SSSR count). The number of aromatic nitrogens is 1. The van der Waals surface area contributed by atoms with Gasteiger partial charge in [-0.25, -0.2) is 0 Å². The molecule has 29 heavy (non-hydrogen) atoms. The lowest BCUT2D eigenvalue weighted by Crippen LogP contribution is -2.43. The Morgan fingerprint density at radius 1 is 1.17 bits per heavy atom. The monoisotopic (exact) mass is 425 g/mol. The molecular formula is C21H23N5OS2. The van der Waals surface area contributed by atoms with Gasteiger partial charge in [0.25, 0.3) is 5.91 Å². The van der Waals surface area contributed by atoms with Crippen molar-refractivity contribution in [1.29, 1.82) is 0 Å². The number of pyridine rings is 1. The van der Waals surface area contributed by atoms with E-state index in [4.69, 9.17) is 0 Å². The summed E-state index contributed by atoms with van der Waals surface area (Å²) in [6.45, 7) is 4.00. The fourth-order valence-corrected chi connectivity index (χ4v) is 4.39. The van der Waals surface area contributed by atoms with Crippen LogP contribution >= 0.6 is 23.3 Å². The summed E-state index contributed by atoms with van der Waals surface area (Å²) in [6, 6.07) is 13.7. The first-order valence-corrected chi connectivity index (χ1v) is 11.5. The molecule has 2 aromatic heterocycles. The van der Waals surface area contributed by atoms with Gasteiger partial charge in [-0.2, -0.15) is 0 Å². The highest BCUT2D eigenvalue weighted by atomic mass is 32.2. The molecule has 0 unspecified atom stereocenters. The number of thiophene rings is 1. The summed E-state index contributed by atoms with van der Waals surface area (Å²) in [5, 5.41) is 8.30. The van der Waals surface area contributed by atoms with Gasteiger partial charge in [0.05, 0.1) is 22.5 Å². The number of benzene rings is 1. The maximum Gasteiger partial charge on any atom is 0.265 e. The van der Waals surface area contributed by atoms with Crippen LogP contribution in [0.2, 0.25) is 0 Å². The highest BCUT2D eigenvalue weighted by Gasteiger charge is 2.13. The third kappa shape index (κ3) is 4.90. The molecule has 1 fully saturated rings. The van der Waals surface area contributed by atoms with Crippen molar-refractivity contribution in [3.8, 4) is 11.3 Å². The van der Waals surface area contributed by atoms with Crippen molar-refractivity contribution in [3.05, 3.63) is 58.9 Å². The minimum Gasteiger partial charge on any atom is -0.368 e. The van der Waals surface area contributed by atoms with Gasteiger partial charge >= 0.3 is 0 Å². The standard InChI is InChI=1S/C21H23N5OS2/c1-28-25-17-4-2-3-16(12-17)24-21(27)20-11-15(14-29-20)19-6-5-18(13-23-19)26-9-7-22-8-10-26/h2-6,11-14,22,25H,7-10H2,1H3,(H,24,27). The van der Waals surface area contributed by atoms with Gasteiger partial charge in [0.15, 0.2) is 0 Å². The van der Waals surface area contributed by atoms with Crippen LogP contribution in [0.5, 0.6) is 0 Å². The SMILES string of the molecule is CSNc1cccc(NC(=O)c2cc(-c3ccc(N4CCNCC4)cn3)cs2)c1. The predicted molar refractivity (Wildman–Crippen MR) is 124 cm³/mol. The molecule has 1 amide bonds. The van der Waals surface area contributed by atoms with Gasteiger partial charge in [-0.1, -0.05) is 18.0 Å². The second-order valence-electron chi connectivity index (χ2n) is 6.68. The first-order valence-electron chi connectivity index (χ1n) is 9.44. The van der Waals surface area contributed by atoms with Crippen LogP contribution in [0.4, 0.5) is 17.1 Å². The largest absolute Gasteiger partial charge is 0.368 e. The van der Waals surface area contributed by atoms with Crippen molar-refractivity contribution in [3.63, 3.8) is 0 Å². The summed E-state index contributed by atoms with van der Waals surface area (Å²) in [7, 11) is 0. The number of hydrogen-bond acceptors (Lipinski definition) is 7. The van der Waals surface area contributed by atoms with Crippen LogP contribution in [0.25, 0.3) is 11.3 Å². The number of rotatable bonds is 6. The quantitative estimate of drug-likeness (QED) is 0.515. The molecule has 0 radical (unpaired) electrons. The fourth-order valence-electron chi connectivity index (χ4n) is 3.23. The van der Waals surface area contributed by atoms with E-state index in [9.17, 15) is 4.79 Å². The number of nitrogens with one attached hydrogen (secondary N) is 3. The summed E-state index contributed by atoms with van der Waals surface area (Å²) >= 11 is 2.94. The van der Waals surface area contributed by atoms with Crippen molar-refractivity contribution < 1.29 is 4.79 Å². The molecular weight excluding hydrogens is 402 g/mol. The molecule has 1 aromatic carbocycles. The van der Waals surface area contributed by atoms with Crippen molar-refractivity contribution in [2.75, 3.05) is 47.4 Å². The van der Waals surface area contributed by atoms with Gasteiger partial charge in [-0.05, 0) is 36.4 Å². The van der Waals surface area contributed by atoms with Crippen molar-refractivity contribution in [1.82, 2.24) is 10.3 Å². The molecule has 1 aliphatic rings. The van der Waals surface area contributed by atoms with E-state index in [0.29, 0.717) is 4.88 Å². The molecule has 0 spiro atoms. The Balaban J connectivity index is 1.43. The van der Waals surface area contributed by atoms with Gasteiger partial charge in [-0.3, -0.25) is 9.78 Å². The Morgan fingerprint density at radius 3 is 2.76 bits per heavy atom. The minimum atomic E-state index is -0.111. The van der Waals surface area contributed by atoms with E-state index in [1.54, 1.807) is 0 Å². The lowest BCUT2D eigenvalue weighted by atomic mass is 10.2. The van der Waals surface area contributed by atoms with Crippen LogP contribution in [0.15, 0.2) is 54.0 Å². The van der Waals surface area contributed by atoms with Crippen molar-refractivity contribution in [2.24, 2.45) is 0 Å². The summed E-state index contributed by atoms with van der Waals surface area (Å²) < 4.78 is 3.17. The number of piperazine rings is 1. The average molecular weight is 426 g/mol. The molecule has 3 N–H and O–H groups in total. The molecule has 0 atom stereocenters. The van der Waals surface area contributed by atoms with Crippen LogP contribution in [-0.4, -0.2) is 43.3 Å². The third-order valence-electron chi connectivity index (χ3n) is 4.69. The van der Waals surface area contributed by atoms with Gasteiger partial charge < -0.3 is 20.3 Å². The summed E-state index contributed by atoms with van der Waals surface area (Å²) in [4.78, 5) is 20.2. The van der Waals surface area contributed by atoms with Crippen LogP contribution in [-0.2, 0) is 0 Å². The molecule has 0 bridgehead atoms. The first kappa shape index (κ1) is 19.8. The van der Waals surface area contributed by atoms with Crippen molar-refractivity contribution >= 4 is 46.3 Å². The predicted octanol–water partition coefficient (Wildman–Crippen LogP) is 4.16. The van der Waals surface area contributed by atoms with Crippen LogP contribution in [0.3, 0.4) is 0 Å². The molecule has 1 aliphatic heterocycles. The van der Waals surface area contributed by atoms with E-state index < -0.39 is 0 Å². The summed E-state index contributed by atoms with van der Waals surface area (Å²) in [5.74, 6) is -0.111. The second kappa shape index (κ2) is 9.30. The molecule has 8 heteroatoms. The molecule has 0 saturated carbocycles. The number of anilines is 3.